The fraction of sp³-hybridized carbons (Fsp3) is 0.250. The van der Waals surface area contributed by atoms with E-state index in [0.29, 0.717) is 17.0 Å². The number of aromatic nitrogens is 4. The van der Waals surface area contributed by atoms with Crippen LogP contribution in [-0.2, 0) is 16.9 Å². The zero-order chi connectivity index (χ0) is 29.5. The summed E-state index contributed by atoms with van der Waals surface area (Å²) >= 11 is 0. The van der Waals surface area contributed by atoms with E-state index in [1.54, 1.807) is 31.5 Å². The first-order chi connectivity index (χ1) is 20.4. The van der Waals surface area contributed by atoms with Crippen molar-refractivity contribution in [2.75, 3.05) is 34.9 Å². The first-order valence-corrected chi connectivity index (χ1v) is 13.5. The number of benzene rings is 3. The zero-order valence-electron chi connectivity index (χ0n) is 24.1. The van der Waals surface area contributed by atoms with Crippen molar-refractivity contribution >= 4 is 23.3 Å². The van der Waals surface area contributed by atoms with Gasteiger partial charge in [-0.2, -0.15) is 0 Å². The van der Waals surface area contributed by atoms with Crippen LogP contribution in [0.4, 0.5) is 5.82 Å². The number of fused-ring (bicyclic) bond motifs is 1. The molecule has 0 amide bonds. The molecule has 0 bridgehead atoms. The topological polar surface area (TPSA) is 107 Å². The Morgan fingerprint density at radius 2 is 1.45 bits per heavy atom. The van der Waals surface area contributed by atoms with Crippen LogP contribution in [0.5, 0.6) is 11.5 Å². The Balaban J connectivity index is 1.49. The summed E-state index contributed by atoms with van der Waals surface area (Å²) < 4.78 is 19.4. The lowest BCUT2D eigenvalue weighted by Gasteiger charge is -2.36. The molecular formula is C32H34N6O4. The minimum absolute atomic E-state index is 0.0172. The molecule has 10 heteroatoms. The average molecular weight is 567 g/mol. The summed E-state index contributed by atoms with van der Waals surface area (Å²) in [6.07, 6.45) is 3.85. The minimum atomic E-state index is -1.03. The second-order valence-electron chi connectivity index (χ2n) is 9.94. The molecule has 10 nitrogen and oxygen atoms in total. The second-order valence-corrected chi connectivity index (χ2v) is 9.94. The van der Waals surface area contributed by atoms with Crippen LogP contribution in [0, 0.1) is 0 Å². The fourth-order valence-corrected chi connectivity index (χ4v) is 4.84. The maximum Gasteiger partial charge on any atom is 0.184 e. The fourth-order valence-electron chi connectivity index (χ4n) is 4.84. The predicted molar refractivity (Wildman–Crippen MR) is 161 cm³/mol. The van der Waals surface area contributed by atoms with Crippen LogP contribution >= 0.6 is 0 Å². The lowest BCUT2D eigenvalue weighted by molar-refractivity contribution is -0.0421. The van der Waals surface area contributed by atoms with E-state index in [1.807, 2.05) is 97.9 Å². The highest BCUT2D eigenvalue weighted by molar-refractivity contribution is 5.82. The van der Waals surface area contributed by atoms with Crippen LogP contribution in [-0.4, -0.2) is 76.9 Å². The first-order valence-electron chi connectivity index (χ1n) is 13.5. The Kier molecular flexibility index (Phi) is 8.75. The van der Waals surface area contributed by atoms with E-state index < -0.39 is 11.7 Å². The molecule has 3 aromatic carbocycles. The summed E-state index contributed by atoms with van der Waals surface area (Å²) in [6, 6.07) is 25.5. The third-order valence-corrected chi connectivity index (χ3v) is 6.87. The number of hydrogen-bond donors (Lipinski definition) is 1. The Morgan fingerprint density at radius 1 is 0.857 bits per heavy atom. The average Bonchev–Trinajstić information content (AvgIpc) is 3.44. The van der Waals surface area contributed by atoms with E-state index in [2.05, 4.69) is 19.9 Å². The van der Waals surface area contributed by atoms with Gasteiger partial charge in [-0.3, -0.25) is 0 Å². The molecular weight excluding hydrogens is 532 g/mol. The molecule has 5 aromatic rings. The maximum atomic E-state index is 11.3. The highest BCUT2D eigenvalue weighted by atomic mass is 16.5. The number of ether oxygens (including phenoxy) is 3. The molecule has 0 aliphatic rings. The van der Waals surface area contributed by atoms with Gasteiger partial charge >= 0.3 is 0 Å². The van der Waals surface area contributed by atoms with Crippen LogP contribution in [0.1, 0.15) is 16.7 Å². The third kappa shape index (κ3) is 5.95. The number of nitrogens with zero attached hydrogens (tertiary/aromatic N) is 6. The molecule has 5 rings (SSSR count). The second kappa shape index (κ2) is 12.8. The molecule has 2 aromatic heterocycles. The van der Waals surface area contributed by atoms with Gasteiger partial charge in [-0.15, -0.1) is 0 Å². The van der Waals surface area contributed by atoms with E-state index in [1.165, 1.54) is 6.33 Å². The van der Waals surface area contributed by atoms with Gasteiger partial charge in [-0.05, 0) is 41.0 Å². The lowest BCUT2D eigenvalue weighted by atomic mass is 9.80. The van der Waals surface area contributed by atoms with Crippen molar-refractivity contribution in [1.82, 2.24) is 24.4 Å². The van der Waals surface area contributed by atoms with E-state index >= 15 is 0 Å². The third-order valence-electron chi connectivity index (χ3n) is 6.87. The molecule has 0 aliphatic heterocycles. The van der Waals surface area contributed by atoms with Crippen LogP contribution < -0.4 is 9.47 Å². The van der Waals surface area contributed by atoms with Crippen molar-refractivity contribution in [1.29, 1.82) is 0 Å². The van der Waals surface area contributed by atoms with Crippen LogP contribution in [0.15, 0.2) is 96.5 Å². The van der Waals surface area contributed by atoms with Crippen molar-refractivity contribution in [2.24, 2.45) is 4.99 Å². The number of aliphatic imine (C=N–C) groups is 1. The number of imidazole rings is 1. The molecule has 1 N–H and O–H groups in total. The van der Waals surface area contributed by atoms with Gasteiger partial charge in [0, 0.05) is 14.1 Å². The van der Waals surface area contributed by atoms with Gasteiger partial charge in [0.05, 0.1) is 46.1 Å². The van der Waals surface area contributed by atoms with Gasteiger partial charge in [0.1, 0.15) is 23.4 Å². The molecule has 0 saturated heterocycles. The van der Waals surface area contributed by atoms with Crippen LogP contribution in [0.3, 0.4) is 0 Å². The van der Waals surface area contributed by atoms with Crippen LogP contribution in [0.25, 0.3) is 11.2 Å². The van der Waals surface area contributed by atoms with Gasteiger partial charge in [-0.25, -0.2) is 19.9 Å². The van der Waals surface area contributed by atoms with Gasteiger partial charge < -0.3 is 28.8 Å². The number of methoxy groups -OCH3 is 2. The molecule has 1 atom stereocenters. The molecule has 0 unspecified atom stereocenters. The van der Waals surface area contributed by atoms with E-state index in [9.17, 15) is 5.11 Å². The maximum absolute atomic E-state index is 11.3. The predicted octanol–water partition coefficient (Wildman–Crippen LogP) is 4.43. The van der Waals surface area contributed by atoms with Crippen LogP contribution in [0.2, 0.25) is 0 Å². The van der Waals surface area contributed by atoms with E-state index in [4.69, 9.17) is 14.2 Å². The molecule has 0 aliphatic carbocycles. The molecule has 216 valence electrons. The standard InChI is InChI=1S/C32H34N6O4/c1-37(2)21-36-30-29-31(34-20-33-30)38(22-35-29)18-26(39)19-42-32(23-8-6-5-7-9-23,24-10-14-27(40-3)15-11-24)25-12-16-28(41-4)17-13-25/h5-17,20-22,26,39H,18-19H2,1-4H3/b36-21+/t26-/m0/s1. The normalized spacial score (nSPS) is 12.5. The number of aliphatic hydroxyl groups is 1. The summed E-state index contributed by atoms with van der Waals surface area (Å²) in [4.78, 5) is 19.3. The van der Waals surface area contributed by atoms with Crippen molar-refractivity contribution in [3.63, 3.8) is 0 Å². The van der Waals surface area contributed by atoms with Crippen molar-refractivity contribution in [2.45, 2.75) is 18.2 Å². The Morgan fingerprint density at radius 3 is 2.02 bits per heavy atom. The Bertz CT molecular complexity index is 1570. The smallest absolute Gasteiger partial charge is 0.184 e. The SMILES string of the molecule is COc1ccc(C(OC[C@@H](O)Cn2cnc3c(/N=C/N(C)C)ncnc32)(c2ccccc2)c2ccc(OC)cc2)cc1. The van der Waals surface area contributed by atoms with E-state index in [0.717, 1.165) is 28.2 Å². The van der Waals surface area contributed by atoms with Gasteiger partial charge in [0.2, 0.25) is 0 Å². The van der Waals surface area contributed by atoms with E-state index in [-0.39, 0.29) is 13.2 Å². The first kappa shape index (κ1) is 28.7. The molecule has 0 saturated carbocycles. The van der Waals surface area contributed by atoms with Crippen molar-refractivity contribution < 1.29 is 19.3 Å². The highest BCUT2D eigenvalue weighted by Gasteiger charge is 2.38. The van der Waals surface area contributed by atoms with Crippen molar-refractivity contribution in [3.05, 3.63) is 108 Å². The number of hydrogen-bond acceptors (Lipinski definition) is 8. The summed E-state index contributed by atoms with van der Waals surface area (Å²) in [5, 5.41) is 11.3. The minimum Gasteiger partial charge on any atom is -0.497 e. The summed E-state index contributed by atoms with van der Waals surface area (Å²) in [6.45, 7) is 0.226. The molecule has 0 spiro atoms. The van der Waals surface area contributed by atoms with Gasteiger partial charge in [0.25, 0.3) is 0 Å². The number of aliphatic hydroxyl groups excluding tert-OH is 1. The van der Waals surface area contributed by atoms with Gasteiger partial charge in [-0.1, -0.05) is 54.6 Å². The Labute approximate surface area is 244 Å². The molecule has 42 heavy (non-hydrogen) atoms. The van der Waals surface area contributed by atoms with Crippen molar-refractivity contribution in [3.8, 4) is 11.5 Å². The summed E-state index contributed by atoms with van der Waals surface area (Å²) in [5.41, 5.74) is 2.78. The number of rotatable bonds is 12. The van der Waals surface area contributed by atoms with Gasteiger partial charge in [0.15, 0.2) is 17.0 Å². The zero-order valence-corrected chi connectivity index (χ0v) is 24.1. The monoisotopic (exact) mass is 566 g/mol. The summed E-state index contributed by atoms with van der Waals surface area (Å²) in [7, 11) is 7.03. The quantitative estimate of drug-likeness (QED) is 0.134. The highest BCUT2D eigenvalue weighted by Crippen LogP contribution is 2.41. The largest absolute Gasteiger partial charge is 0.497 e. The lowest BCUT2D eigenvalue weighted by Crippen LogP contribution is -2.36. The Hall–Kier alpha value is -4.80. The summed E-state index contributed by atoms with van der Waals surface area (Å²) in [5.74, 6) is 1.93. The molecule has 0 radical (unpaired) electrons. The molecule has 2 heterocycles. The molecule has 0 fully saturated rings.